The summed E-state index contributed by atoms with van der Waals surface area (Å²) in [6.07, 6.45) is 1.13. The molecule has 2 rings (SSSR count). The first-order valence-corrected chi connectivity index (χ1v) is 6.24. The standard InChI is InChI=1S/C11H5Cl3F2N4/c12-9-5(10(13)19-11(14)18-9)4-17-20-8-6(15)2-1-3-7(8)16/h1-4,20H/b17-4-. The van der Waals surface area contributed by atoms with Gasteiger partial charge >= 0.3 is 0 Å². The molecular formula is C11H5Cl3F2N4. The van der Waals surface area contributed by atoms with Crippen LogP contribution in [-0.4, -0.2) is 16.2 Å². The number of benzene rings is 1. The van der Waals surface area contributed by atoms with Crippen LogP contribution in [-0.2, 0) is 0 Å². The van der Waals surface area contributed by atoms with E-state index in [0.29, 0.717) is 0 Å². The van der Waals surface area contributed by atoms with Gasteiger partial charge in [-0.25, -0.2) is 18.7 Å². The molecule has 0 saturated carbocycles. The fraction of sp³-hybridized carbons (Fsp3) is 0. The van der Waals surface area contributed by atoms with Crippen molar-refractivity contribution in [2.75, 3.05) is 5.43 Å². The third-order valence-electron chi connectivity index (χ3n) is 2.16. The average Bonchev–Trinajstić information content (AvgIpc) is 2.35. The Morgan fingerprint density at radius 1 is 1.05 bits per heavy atom. The molecule has 2 aromatic rings. The highest BCUT2D eigenvalue weighted by Crippen LogP contribution is 2.22. The van der Waals surface area contributed by atoms with Crippen LogP contribution in [0.2, 0.25) is 15.6 Å². The predicted molar refractivity (Wildman–Crippen MR) is 74.6 cm³/mol. The lowest BCUT2D eigenvalue weighted by atomic mass is 10.3. The van der Waals surface area contributed by atoms with Crippen LogP contribution in [0.1, 0.15) is 5.56 Å². The Hall–Kier alpha value is -1.50. The summed E-state index contributed by atoms with van der Waals surface area (Å²) in [4.78, 5) is 7.33. The van der Waals surface area contributed by atoms with Crippen LogP contribution in [0.4, 0.5) is 14.5 Å². The zero-order valence-electron chi connectivity index (χ0n) is 9.54. The Labute approximate surface area is 127 Å². The minimum absolute atomic E-state index is 0.0328. The third-order valence-corrected chi connectivity index (χ3v) is 2.90. The summed E-state index contributed by atoms with van der Waals surface area (Å²) in [5.74, 6) is -1.57. The second-order valence-corrected chi connectivity index (χ2v) is 4.51. The van der Waals surface area contributed by atoms with Gasteiger partial charge in [0.15, 0.2) is 11.6 Å². The number of nitrogens with zero attached hydrogens (tertiary/aromatic N) is 3. The molecular weight excluding hydrogens is 333 g/mol. The van der Waals surface area contributed by atoms with Crippen molar-refractivity contribution in [1.29, 1.82) is 0 Å². The minimum Gasteiger partial charge on any atom is -0.273 e. The van der Waals surface area contributed by atoms with Gasteiger partial charge in [-0.1, -0.05) is 29.3 Å². The molecule has 0 amide bonds. The Kier molecular flexibility index (Phi) is 4.69. The summed E-state index contributed by atoms with van der Waals surface area (Å²) in [5, 5.41) is 3.45. The largest absolute Gasteiger partial charge is 0.273 e. The summed E-state index contributed by atoms with van der Waals surface area (Å²) < 4.78 is 26.6. The molecule has 0 fully saturated rings. The fourth-order valence-corrected chi connectivity index (χ4v) is 2.01. The topological polar surface area (TPSA) is 50.2 Å². The van der Waals surface area contributed by atoms with E-state index < -0.39 is 17.3 Å². The number of para-hydroxylation sites is 1. The Morgan fingerprint density at radius 3 is 2.15 bits per heavy atom. The van der Waals surface area contributed by atoms with E-state index in [-0.39, 0.29) is 21.2 Å². The molecule has 0 aliphatic heterocycles. The van der Waals surface area contributed by atoms with Crippen LogP contribution < -0.4 is 5.43 Å². The maximum atomic E-state index is 13.3. The molecule has 0 aliphatic carbocycles. The number of hydrogen-bond donors (Lipinski definition) is 1. The lowest BCUT2D eigenvalue weighted by Gasteiger charge is -2.04. The van der Waals surface area contributed by atoms with Crippen LogP contribution in [0.5, 0.6) is 0 Å². The van der Waals surface area contributed by atoms with Gasteiger partial charge in [0.1, 0.15) is 16.0 Å². The lowest BCUT2D eigenvalue weighted by Crippen LogP contribution is -1.99. The van der Waals surface area contributed by atoms with E-state index in [0.717, 1.165) is 18.3 Å². The van der Waals surface area contributed by atoms with Gasteiger partial charge in [0, 0.05) is 0 Å². The van der Waals surface area contributed by atoms with E-state index in [2.05, 4.69) is 20.5 Å². The summed E-state index contributed by atoms with van der Waals surface area (Å²) in [7, 11) is 0. The van der Waals surface area contributed by atoms with E-state index >= 15 is 0 Å². The molecule has 0 spiro atoms. The molecule has 9 heteroatoms. The van der Waals surface area contributed by atoms with Gasteiger partial charge < -0.3 is 0 Å². The smallest absolute Gasteiger partial charge is 0.225 e. The third kappa shape index (κ3) is 3.33. The Balaban J connectivity index is 2.23. The highest BCUT2D eigenvalue weighted by atomic mass is 35.5. The molecule has 1 N–H and O–H groups in total. The maximum absolute atomic E-state index is 13.3. The zero-order chi connectivity index (χ0) is 14.7. The molecule has 0 unspecified atom stereocenters. The van der Waals surface area contributed by atoms with E-state index in [1.807, 2.05) is 0 Å². The molecule has 1 aromatic carbocycles. The second kappa shape index (κ2) is 6.30. The number of aromatic nitrogens is 2. The van der Waals surface area contributed by atoms with Crippen LogP contribution in [0.15, 0.2) is 23.3 Å². The fourth-order valence-electron chi connectivity index (χ4n) is 1.27. The molecule has 1 heterocycles. The lowest BCUT2D eigenvalue weighted by molar-refractivity contribution is 0.589. The molecule has 1 aromatic heterocycles. The van der Waals surface area contributed by atoms with E-state index in [9.17, 15) is 8.78 Å². The van der Waals surface area contributed by atoms with Crippen molar-refractivity contribution in [3.05, 3.63) is 51.0 Å². The average molecular weight is 338 g/mol. The van der Waals surface area contributed by atoms with Crippen LogP contribution in [0, 0.1) is 11.6 Å². The number of hydrazone groups is 1. The van der Waals surface area contributed by atoms with Crippen molar-refractivity contribution < 1.29 is 8.78 Å². The molecule has 20 heavy (non-hydrogen) atoms. The number of hydrogen-bond acceptors (Lipinski definition) is 4. The Bertz CT molecular complexity index is 635. The SMILES string of the molecule is Fc1cccc(F)c1N/N=C\c1c(Cl)nc(Cl)nc1Cl. The van der Waals surface area contributed by atoms with Crippen molar-refractivity contribution in [3.8, 4) is 0 Å². The van der Waals surface area contributed by atoms with Gasteiger partial charge in [0.05, 0.1) is 11.8 Å². The number of rotatable bonds is 3. The van der Waals surface area contributed by atoms with E-state index in [4.69, 9.17) is 34.8 Å². The number of halogens is 5. The van der Waals surface area contributed by atoms with Crippen LogP contribution in [0.25, 0.3) is 0 Å². The van der Waals surface area contributed by atoms with E-state index in [1.165, 1.54) is 6.07 Å². The maximum Gasteiger partial charge on any atom is 0.225 e. The molecule has 0 bridgehead atoms. The summed E-state index contributed by atoms with van der Waals surface area (Å²) >= 11 is 17.1. The number of nitrogens with one attached hydrogen (secondary N) is 1. The first-order valence-electron chi connectivity index (χ1n) is 5.10. The molecule has 0 aliphatic rings. The quantitative estimate of drug-likeness (QED) is 0.396. The molecule has 0 saturated heterocycles. The van der Waals surface area contributed by atoms with Crippen LogP contribution in [0.3, 0.4) is 0 Å². The van der Waals surface area contributed by atoms with Crippen LogP contribution >= 0.6 is 34.8 Å². The normalized spacial score (nSPS) is 11.1. The summed E-state index contributed by atoms with van der Waals surface area (Å²) in [5.41, 5.74) is 1.98. The highest BCUT2D eigenvalue weighted by molar-refractivity contribution is 6.38. The zero-order valence-corrected chi connectivity index (χ0v) is 11.8. The Morgan fingerprint density at radius 2 is 1.60 bits per heavy atom. The van der Waals surface area contributed by atoms with Gasteiger partial charge in [0.25, 0.3) is 0 Å². The van der Waals surface area contributed by atoms with Gasteiger partial charge in [-0.2, -0.15) is 5.10 Å². The van der Waals surface area contributed by atoms with Crippen molar-refractivity contribution >= 4 is 46.7 Å². The van der Waals surface area contributed by atoms with Gasteiger partial charge in [-0.3, -0.25) is 5.43 Å². The summed E-state index contributed by atoms with van der Waals surface area (Å²) in [6, 6.07) is 3.42. The number of anilines is 1. The van der Waals surface area contributed by atoms with Gasteiger partial charge in [-0.05, 0) is 23.7 Å². The van der Waals surface area contributed by atoms with Crippen molar-refractivity contribution in [3.63, 3.8) is 0 Å². The van der Waals surface area contributed by atoms with Crippen molar-refractivity contribution in [1.82, 2.24) is 9.97 Å². The molecule has 4 nitrogen and oxygen atoms in total. The molecule has 0 atom stereocenters. The first-order chi connectivity index (χ1) is 9.49. The summed E-state index contributed by atoms with van der Waals surface area (Å²) in [6.45, 7) is 0. The van der Waals surface area contributed by atoms with E-state index in [1.54, 1.807) is 0 Å². The molecule has 104 valence electrons. The van der Waals surface area contributed by atoms with Crippen molar-refractivity contribution in [2.45, 2.75) is 0 Å². The second-order valence-electron chi connectivity index (χ2n) is 3.45. The minimum atomic E-state index is -0.785. The molecule has 0 radical (unpaired) electrons. The van der Waals surface area contributed by atoms with Crippen molar-refractivity contribution in [2.24, 2.45) is 5.10 Å². The van der Waals surface area contributed by atoms with Gasteiger partial charge in [0.2, 0.25) is 5.28 Å². The first kappa shape index (κ1) is 14.9. The van der Waals surface area contributed by atoms with Gasteiger partial charge in [-0.15, -0.1) is 0 Å². The predicted octanol–water partition coefficient (Wildman–Crippen LogP) is 4.16. The highest BCUT2D eigenvalue weighted by Gasteiger charge is 2.10. The monoisotopic (exact) mass is 336 g/mol.